The molecule has 1 saturated heterocycles. The molecule has 0 unspecified atom stereocenters. The van der Waals surface area contributed by atoms with E-state index in [9.17, 15) is 4.79 Å². The number of rotatable bonds is 6. The van der Waals surface area contributed by atoms with Gasteiger partial charge in [0.1, 0.15) is 6.61 Å². The number of halogens is 2. The Hall–Kier alpha value is -2.49. The van der Waals surface area contributed by atoms with Crippen molar-refractivity contribution in [2.75, 3.05) is 7.11 Å². The second-order valence-corrected chi connectivity index (χ2v) is 10.4. The SMILES string of the molecule is COc1cc(C=C2SC(=Nc3cc(C)cc(C)c3)NC2=O)cc(I)c1OCc1ccc(Cl)cc1. The molecule has 0 bridgehead atoms. The molecule has 1 N–H and O–H groups in total. The van der Waals surface area contributed by atoms with E-state index >= 15 is 0 Å². The van der Waals surface area contributed by atoms with E-state index in [0.717, 1.165) is 31.5 Å². The topological polar surface area (TPSA) is 59.9 Å². The highest BCUT2D eigenvalue weighted by Gasteiger charge is 2.24. The molecule has 0 atom stereocenters. The summed E-state index contributed by atoms with van der Waals surface area (Å²) in [7, 11) is 1.60. The lowest BCUT2D eigenvalue weighted by Gasteiger charge is -2.14. The molecule has 1 heterocycles. The first-order chi connectivity index (χ1) is 16.3. The lowest BCUT2D eigenvalue weighted by atomic mass is 10.1. The third-order valence-electron chi connectivity index (χ3n) is 4.93. The third-order valence-corrected chi connectivity index (χ3v) is 6.90. The predicted molar refractivity (Wildman–Crippen MR) is 148 cm³/mol. The number of nitrogens with one attached hydrogen (secondary N) is 1. The number of benzene rings is 3. The van der Waals surface area contributed by atoms with Crippen LogP contribution in [0, 0.1) is 17.4 Å². The number of nitrogens with zero attached hydrogens (tertiary/aromatic N) is 1. The maximum Gasteiger partial charge on any atom is 0.264 e. The van der Waals surface area contributed by atoms with Gasteiger partial charge in [-0.15, -0.1) is 0 Å². The normalized spacial score (nSPS) is 15.6. The summed E-state index contributed by atoms with van der Waals surface area (Å²) in [5.41, 5.74) is 4.92. The van der Waals surface area contributed by atoms with Crippen LogP contribution in [0.2, 0.25) is 5.02 Å². The molecule has 1 amide bonds. The van der Waals surface area contributed by atoms with Gasteiger partial charge in [-0.25, -0.2) is 4.99 Å². The van der Waals surface area contributed by atoms with Crippen LogP contribution in [0.25, 0.3) is 6.08 Å². The molecule has 3 aromatic rings. The standard InChI is InChI=1S/C26H22ClIN2O3S/c1-15-8-16(2)10-20(9-15)29-26-30-25(31)23(34-26)13-18-11-21(28)24(22(12-18)32-3)33-14-17-4-6-19(27)7-5-17/h4-13H,14H2,1-3H3,(H,29,30,31). The number of carbonyl (C=O) groups excluding carboxylic acids is 1. The molecule has 34 heavy (non-hydrogen) atoms. The van der Waals surface area contributed by atoms with Crippen LogP contribution in [0.1, 0.15) is 22.3 Å². The van der Waals surface area contributed by atoms with E-state index in [-0.39, 0.29) is 5.91 Å². The Morgan fingerprint density at radius 1 is 1.09 bits per heavy atom. The largest absolute Gasteiger partial charge is 0.493 e. The predicted octanol–water partition coefficient (Wildman–Crippen LogP) is 7.04. The first kappa shape index (κ1) is 24.6. The number of methoxy groups -OCH3 is 1. The van der Waals surface area contributed by atoms with Gasteiger partial charge in [-0.1, -0.05) is 29.8 Å². The molecular formula is C26H22ClIN2O3S. The molecule has 1 aliphatic rings. The van der Waals surface area contributed by atoms with E-state index in [1.807, 2.05) is 68.5 Å². The van der Waals surface area contributed by atoms with Crippen LogP contribution < -0.4 is 14.8 Å². The minimum atomic E-state index is -0.176. The number of carbonyl (C=O) groups is 1. The van der Waals surface area contributed by atoms with Crippen LogP contribution in [-0.2, 0) is 11.4 Å². The van der Waals surface area contributed by atoms with Crippen molar-refractivity contribution in [3.8, 4) is 11.5 Å². The lowest BCUT2D eigenvalue weighted by molar-refractivity contribution is -0.115. The van der Waals surface area contributed by atoms with Gasteiger partial charge in [-0.05, 0) is 113 Å². The molecule has 3 aromatic carbocycles. The van der Waals surface area contributed by atoms with Gasteiger partial charge in [-0.2, -0.15) is 0 Å². The highest BCUT2D eigenvalue weighted by Crippen LogP contribution is 2.36. The smallest absolute Gasteiger partial charge is 0.264 e. The van der Waals surface area contributed by atoms with E-state index < -0.39 is 0 Å². The van der Waals surface area contributed by atoms with Crippen LogP contribution in [0.5, 0.6) is 11.5 Å². The number of hydrogen-bond donors (Lipinski definition) is 1. The fourth-order valence-electron chi connectivity index (χ4n) is 3.46. The van der Waals surface area contributed by atoms with Gasteiger partial charge in [0.25, 0.3) is 5.91 Å². The molecule has 1 aliphatic heterocycles. The number of aryl methyl sites for hydroxylation is 2. The van der Waals surface area contributed by atoms with Crippen LogP contribution >= 0.6 is 46.0 Å². The molecule has 0 aliphatic carbocycles. The average molecular weight is 605 g/mol. The molecule has 174 valence electrons. The van der Waals surface area contributed by atoms with Crippen LogP contribution in [0.4, 0.5) is 5.69 Å². The molecule has 8 heteroatoms. The van der Waals surface area contributed by atoms with Crippen molar-refractivity contribution in [1.29, 1.82) is 0 Å². The van der Waals surface area contributed by atoms with Gasteiger partial charge >= 0.3 is 0 Å². The Bertz CT molecular complexity index is 1290. The van der Waals surface area contributed by atoms with Crippen molar-refractivity contribution in [2.24, 2.45) is 4.99 Å². The van der Waals surface area contributed by atoms with Crippen molar-refractivity contribution in [3.63, 3.8) is 0 Å². The number of amidine groups is 1. The lowest BCUT2D eigenvalue weighted by Crippen LogP contribution is -2.19. The Morgan fingerprint density at radius 3 is 2.47 bits per heavy atom. The highest BCUT2D eigenvalue weighted by molar-refractivity contribution is 14.1. The number of hydrogen-bond acceptors (Lipinski definition) is 5. The van der Waals surface area contributed by atoms with Crippen molar-refractivity contribution >= 4 is 68.8 Å². The summed E-state index contributed by atoms with van der Waals surface area (Å²) in [5, 5.41) is 4.09. The average Bonchev–Trinajstić information content (AvgIpc) is 3.11. The third kappa shape index (κ3) is 6.14. The first-order valence-electron chi connectivity index (χ1n) is 10.4. The molecule has 1 fully saturated rings. The second kappa shape index (κ2) is 10.8. The van der Waals surface area contributed by atoms with E-state index in [0.29, 0.717) is 33.2 Å². The number of amides is 1. The number of ether oxygens (including phenoxy) is 2. The summed E-state index contributed by atoms with van der Waals surface area (Å²) in [6.45, 7) is 4.45. The molecule has 5 nitrogen and oxygen atoms in total. The second-order valence-electron chi connectivity index (χ2n) is 7.78. The van der Waals surface area contributed by atoms with Gasteiger partial charge < -0.3 is 14.8 Å². The fourth-order valence-corrected chi connectivity index (χ4v) is 5.21. The van der Waals surface area contributed by atoms with Gasteiger partial charge in [0.15, 0.2) is 16.7 Å². The molecule has 0 aromatic heterocycles. The Labute approximate surface area is 221 Å². The van der Waals surface area contributed by atoms with Gasteiger partial charge in [0.2, 0.25) is 0 Å². The van der Waals surface area contributed by atoms with Gasteiger partial charge in [0, 0.05) is 5.02 Å². The summed E-state index contributed by atoms with van der Waals surface area (Å²) in [4.78, 5) is 17.7. The van der Waals surface area contributed by atoms with E-state index in [1.54, 1.807) is 7.11 Å². The van der Waals surface area contributed by atoms with Crippen molar-refractivity contribution in [1.82, 2.24) is 5.32 Å². The zero-order valence-electron chi connectivity index (χ0n) is 18.8. The van der Waals surface area contributed by atoms with Crippen LogP contribution in [-0.4, -0.2) is 18.2 Å². The quantitative estimate of drug-likeness (QED) is 0.242. The minimum absolute atomic E-state index is 0.176. The Balaban J connectivity index is 1.54. The summed E-state index contributed by atoms with van der Waals surface area (Å²) >= 11 is 9.49. The van der Waals surface area contributed by atoms with Crippen LogP contribution in [0.3, 0.4) is 0 Å². The Kier molecular flexibility index (Phi) is 7.85. The Morgan fingerprint density at radius 2 is 1.79 bits per heavy atom. The molecule has 0 spiro atoms. The summed E-state index contributed by atoms with van der Waals surface area (Å²) < 4.78 is 12.5. The highest BCUT2D eigenvalue weighted by atomic mass is 127. The van der Waals surface area contributed by atoms with Gasteiger partial charge in [0.05, 0.1) is 21.3 Å². The summed E-state index contributed by atoms with van der Waals surface area (Å²) in [6, 6.07) is 17.4. The maximum atomic E-state index is 12.6. The zero-order chi connectivity index (χ0) is 24.2. The summed E-state index contributed by atoms with van der Waals surface area (Å²) in [6.07, 6.45) is 1.83. The minimum Gasteiger partial charge on any atom is -0.493 e. The zero-order valence-corrected chi connectivity index (χ0v) is 22.5. The van der Waals surface area contributed by atoms with Crippen molar-refractivity contribution in [3.05, 3.63) is 90.3 Å². The molecule has 4 rings (SSSR count). The fraction of sp³-hybridized carbons (Fsp3) is 0.154. The van der Waals surface area contributed by atoms with Gasteiger partial charge in [-0.3, -0.25) is 4.79 Å². The van der Waals surface area contributed by atoms with E-state index in [4.69, 9.17) is 21.1 Å². The van der Waals surface area contributed by atoms with Crippen molar-refractivity contribution < 1.29 is 14.3 Å². The first-order valence-corrected chi connectivity index (χ1v) is 12.7. The van der Waals surface area contributed by atoms with E-state index in [2.05, 4.69) is 39.0 Å². The maximum absolute atomic E-state index is 12.6. The van der Waals surface area contributed by atoms with Crippen LogP contribution in [0.15, 0.2) is 64.5 Å². The van der Waals surface area contributed by atoms with E-state index in [1.165, 1.54) is 11.8 Å². The van der Waals surface area contributed by atoms with Crippen molar-refractivity contribution in [2.45, 2.75) is 20.5 Å². The molecule has 0 radical (unpaired) electrons. The molecular weight excluding hydrogens is 583 g/mol. The summed E-state index contributed by atoms with van der Waals surface area (Å²) in [5.74, 6) is 1.08. The number of thioether (sulfide) groups is 1. The molecule has 0 saturated carbocycles. The number of aliphatic imine (C=N–C) groups is 1. The monoisotopic (exact) mass is 604 g/mol.